The van der Waals surface area contributed by atoms with E-state index in [0.29, 0.717) is 23.0 Å². The van der Waals surface area contributed by atoms with Crippen molar-refractivity contribution in [2.75, 3.05) is 0 Å². The van der Waals surface area contributed by atoms with Crippen molar-refractivity contribution in [2.24, 2.45) is 0 Å². The highest BCUT2D eigenvalue weighted by Crippen LogP contribution is 2.33. The van der Waals surface area contributed by atoms with Crippen molar-refractivity contribution in [1.82, 2.24) is 15.0 Å². The zero-order chi connectivity index (χ0) is 25.7. The van der Waals surface area contributed by atoms with Gasteiger partial charge in [-0.2, -0.15) is 5.26 Å². The van der Waals surface area contributed by atoms with Crippen LogP contribution < -0.4 is 0 Å². The van der Waals surface area contributed by atoms with Gasteiger partial charge in [0, 0.05) is 16.7 Å². The van der Waals surface area contributed by atoms with E-state index in [2.05, 4.69) is 48.5 Å². The van der Waals surface area contributed by atoms with E-state index >= 15 is 0 Å². The van der Waals surface area contributed by atoms with Gasteiger partial charge in [0.1, 0.15) is 0 Å². The van der Waals surface area contributed by atoms with Crippen LogP contribution in [0.2, 0.25) is 0 Å². The van der Waals surface area contributed by atoms with Crippen LogP contribution in [0.4, 0.5) is 0 Å². The minimum atomic E-state index is 0.525. The Labute approximate surface area is 221 Å². The quantitative estimate of drug-likeness (QED) is 0.247. The summed E-state index contributed by atoms with van der Waals surface area (Å²) in [4.78, 5) is 14.6. The summed E-state index contributed by atoms with van der Waals surface area (Å²) in [5.74, 6) is 1.68. The maximum absolute atomic E-state index is 9.45. The van der Waals surface area contributed by atoms with Crippen LogP contribution in [0.3, 0.4) is 0 Å². The minimum Gasteiger partial charge on any atom is -0.208 e. The fourth-order valence-corrected chi connectivity index (χ4v) is 4.43. The van der Waals surface area contributed by atoms with Gasteiger partial charge in [0.25, 0.3) is 0 Å². The maximum Gasteiger partial charge on any atom is 0.164 e. The van der Waals surface area contributed by atoms with E-state index in [9.17, 15) is 5.26 Å². The monoisotopic (exact) mass is 486 g/mol. The molecule has 0 aliphatic heterocycles. The molecular formula is C34H22N4. The van der Waals surface area contributed by atoms with E-state index in [-0.39, 0.29) is 0 Å². The summed E-state index contributed by atoms with van der Waals surface area (Å²) in [5, 5.41) is 9.45. The molecule has 0 radical (unpaired) electrons. The van der Waals surface area contributed by atoms with Crippen LogP contribution in [-0.4, -0.2) is 15.0 Å². The van der Waals surface area contributed by atoms with E-state index < -0.39 is 0 Å². The third kappa shape index (κ3) is 4.82. The SMILES string of the molecule is N#Cc1cccc(-c2nc(-c3ccccc3)nc(-c3cc(-c4ccccc4)cc(-c4ccccc4)c3)n2)c1. The predicted octanol–water partition coefficient (Wildman–Crippen LogP) is 8.08. The van der Waals surface area contributed by atoms with E-state index in [0.717, 1.165) is 38.9 Å². The second kappa shape index (κ2) is 10.3. The molecule has 0 amide bonds. The average Bonchev–Trinajstić information content (AvgIpc) is 3.02. The molecule has 38 heavy (non-hydrogen) atoms. The normalized spacial score (nSPS) is 10.6. The van der Waals surface area contributed by atoms with Gasteiger partial charge in [-0.3, -0.25) is 0 Å². The van der Waals surface area contributed by atoms with Crippen molar-refractivity contribution in [1.29, 1.82) is 5.26 Å². The van der Waals surface area contributed by atoms with Crippen molar-refractivity contribution >= 4 is 0 Å². The molecule has 0 N–H and O–H groups in total. The molecule has 178 valence electrons. The molecule has 0 unspecified atom stereocenters. The van der Waals surface area contributed by atoms with Gasteiger partial charge in [-0.05, 0) is 52.6 Å². The average molecular weight is 487 g/mol. The summed E-state index contributed by atoms with van der Waals surface area (Å²) in [6, 6.07) is 46.5. The zero-order valence-corrected chi connectivity index (χ0v) is 20.5. The summed E-state index contributed by atoms with van der Waals surface area (Å²) < 4.78 is 0. The first-order valence-electron chi connectivity index (χ1n) is 12.4. The molecule has 5 aromatic carbocycles. The Bertz CT molecular complexity index is 1700. The lowest BCUT2D eigenvalue weighted by Crippen LogP contribution is -2.00. The molecule has 6 aromatic rings. The third-order valence-electron chi connectivity index (χ3n) is 6.32. The molecule has 1 aromatic heterocycles. The molecule has 0 aliphatic carbocycles. The fourth-order valence-electron chi connectivity index (χ4n) is 4.43. The minimum absolute atomic E-state index is 0.525. The Morgan fingerprint density at radius 2 is 0.789 bits per heavy atom. The van der Waals surface area contributed by atoms with Gasteiger partial charge in [-0.15, -0.1) is 0 Å². The molecular weight excluding hydrogens is 464 g/mol. The lowest BCUT2D eigenvalue weighted by molar-refractivity contribution is 1.07. The highest BCUT2D eigenvalue weighted by molar-refractivity contribution is 5.80. The van der Waals surface area contributed by atoms with Gasteiger partial charge in [0.2, 0.25) is 0 Å². The molecule has 4 heteroatoms. The molecule has 0 saturated heterocycles. The molecule has 1 heterocycles. The van der Waals surface area contributed by atoms with E-state index in [1.165, 1.54) is 0 Å². The van der Waals surface area contributed by atoms with Crippen LogP contribution >= 0.6 is 0 Å². The highest BCUT2D eigenvalue weighted by atomic mass is 15.0. The Balaban J connectivity index is 1.59. The lowest BCUT2D eigenvalue weighted by Gasteiger charge is -2.12. The standard InChI is InChI=1S/C34H22N4/c35-23-24-11-10-18-28(19-24)33-36-32(27-16-8-3-9-17-27)37-34(38-33)31-21-29(25-12-4-1-5-13-25)20-30(22-31)26-14-6-2-7-15-26/h1-22H. The second-order valence-corrected chi connectivity index (χ2v) is 8.90. The number of benzene rings is 5. The van der Waals surface area contributed by atoms with Crippen LogP contribution in [0.25, 0.3) is 56.4 Å². The first kappa shape index (κ1) is 23.0. The van der Waals surface area contributed by atoms with E-state index in [4.69, 9.17) is 15.0 Å². The van der Waals surface area contributed by atoms with Crippen LogP contribution in [0.5, 0.6) is 0 Å². The van der Waals surface area contributed by atoms with Crippen LogP contribution in [-0.2, 0) is 0 Å². The van der Waals surface area contributed by atoms with Gasteiger partial charge in [0.05, 0.1) is 11.6 Å². The van der Waals surface area contributed by atoms with E-state index in [1.807, 2.05) is 84.9 Å². The highest BCUT2D eigenvalue weighted by Gasteiger charge is 2.15. The van der Waals surface area contributed by atoms with E-state index in [1.54, 1.807) is 6.07 Å². The summed E-state index contributed by atoms with van der Waals surface area (Å²) in [7, 11) is 0. The first-order chi connectivity index (χ1) is 18.8. The number of aromatic nitrogens is 3. The molecule has 6 rings (SSSR count). The molecule has 0 bridgehead atoms. The largest absolute Gasteiger partial charge is 0.208 e. The number of rotatable bonds is 5. The van der Waals surface area contributed by atoms with Gasteiger partial charge in [-0.25, -0.2) is 15.0 Å². The Morgan fingerprint density at radius 3 is 1.32 bits per heavy atom. The molecule has 0 saturated carbocycles. The fraction of sp³-hybridized carbons (Fsp3) is 0. The predicted molar refractivity (Wildman–Crippen MR) is 152 cm³/mol. The Kier molecular flexibility index (Phi) is 6.24. The smallest absolute Gasteiger partial charge is 0.164 e. The number of nitrogens with zero attached hydrogens (tertiary/aromatic N) is 4. The summed E-state index contributed by atoms with van der Waals surface area (Å²) >= 11 is 0. The molecule has 0 aliphatic rings. The van der Waals surface area contributed by atoms with Crippen molar-refractivity contribution in [3.63, 3.8) is 0 Å². The second-order valence-electron chi connectivity index (χ2n) is 8.90. The summed E-state index contributed by atoms with van der Waals surface area (Å²) in [5.41, 5.74) is 7.51. The summed E-state index contributed by atoms with van der Waals surface area (Å²) in [6.07, 6.45) is 0. The van der Waals surface area contributed by atoms with Crippen LogP contribution in [0.1, 0.15) is 5.56 Å². The van der Waals surface area contributed by atoms with Crippen molar-refractivity contribution in [3.8, 4) is 62.5 Å². The Morgan fingerprint density at radius 1 is 0.368 bits per heavy atom. The lowest BCUT2D eigenvalue weighted by atomic mass is 9.96. The molecule has 0 fully saturated rings. The van der Waals surface area contributed by atoms with Gasteiger partial charge in [-0.1, -0.05) is 103 Å². The molecule has 0 atom stereocenters. The number of hydrogen-bond donors (Lipinski definition) is 0. The van der Waals surface area contributed by atoms with Crippen molar-refractivity contribution in [3.05, 3.63) is 139 Å². The van der Waals surface area contributed by atoms with Crippen LogP contribution in [0.15, 0.2) is 133 Å². The topological polar surface area (TPSA) is 62.5 Å². The number of nitriles is 1. The molecule has 0 spiro atoms. The first-order valence-corrected chi connectivity index (χ1v) is 12.4. The summed E-state index contributed by atoms with van der Waals surface area (Å²) in [6.45, 7) is 0. The molecule has 4 nitrogen and oxygen atoms in total. The number of hydrogen-bond acceptors (Lipinski definition) is 4. The van der Waals surface area contributed by atoms with Crippen molar-refractivity contribution in [2.45, 2.75) is 0 Å². The van der Waals surface area contributed by atoms with Crippen LogP contribution in [0, 0.1) is 11.3 Å². The van der Waals surface area contributed by atoms with Gasteiger partial charge < -0.3 is 0 Å². The van der Waals surface area contributed by atoms with Crippen molar-refractivity contribution < 1.29 is 0 Å². The van der Waals surface area contributed by atoms with Gasteiger partial charge in [0.15, 0.2) is 17.5 Å². The Hall–Kier alpha value is -5.40. The van der Waals surface area contributed by atoms with Gasteiger partial charge >= 0.3 is 0 Å². The maximum atomic E-state index is 9.45. The third-order valence-corrected chi connectivity index (χ3v) is 6.32. The zero-order valence-electron chi connectivity index (χ0n) is 20.5.